The first-order valence-electron chi connectivity index (χ1n) is 7.71. The molecule has 1 aliphatic rings. The molecule has 0 unspecified atom stereocenters. The first-order valence-corrected chi connectivity index (χ1v) is 9.57. The molecule has 1 heterocycles. The van der Waals surface area contributed by atoms with Crippen LogP contribution < -0.4 is 10.3 Å². The van der Waals surface area contributed by atoms with Crippen LogP contribution in [-0.4, -0.2) is 24.7 Å². The van der Waals surface area contributed by atoms with Gasteiger partial charge >= 0.3 is 0 Å². The van der Waals surface area contributed by atoms with E-state index in [-0.39, 0.29) is 23.5 Å². The average molecular weight is 368 g/mol. The zero-order chi connectivity index (χ0) is 17.3. The summed E-state index contributed by atoms with van der Waals surface area (Å²) in [5, 5.41) is 4.70. The van der Waals surface area contributed by atoms with Crippen LogP contribution in [0.5, 0.6) is 0 Å². The summed E-state index contributed by atoms with van der Waals surface area (Å²) >= 11 is 5.98. The second kappa shape index (κ2) is 6.66. The van der Waals surface area contributed by atoms with Gasteiger partial charge in [-0.25, -0.2) is 17.8 Å². The summed E-state index contributed by atoms with van der Waals surface area (Å²) in [6, 6.07) is 7.96. The topological polar surface area (TPSA) is 81.1 Å². The van der Waals surface area contributed by atoms with Gasteiger partial charge < -0.3 is 0 Å². The van der Waals surface area contributed by atoms with Gasteiger partial charge in [0.1, 0.15) is 0 Å². The fourth-order valence-electron chi connectivity index (χ4n) is 2.46. The molecular weight excluding hydrogens is 350 g/mol. The number of hydrogen-bond acceptors (Lipinski definition) is 4. The zero-order valence-corrected chi connectivity index (χ0v) is 14.8. The summed E-state index contributed by atoms with van der Waals surface area (Å²) < 4.78 is 28.6. The Bertz CT molecular complexity index is 920. The summed E-state index contributed by atoms with van der Waals surface area (Å²) in [5.41, 5.74) is 1.15. The lowest BCUT2D eigenvalue weighted by Gasteiger charge is -2.11. The molecule has 0 bridgehead atoms. The monoisotopic (exact) mass is 367 g/mol. The highest BCUT2D eigenvalue weighted by atomic mass is 35.5. The number of rotatable bonds is 6. The molecule has 1 aromatic heterocycles. The third-order valence-electron chi connectivity index (χ3n) is 4.01. The van der Waals surface area contributed by atoms with Crippen molar-refractivity contribution in [3.8, 4) is 0 Å². The quantitative estimate of drug-likeness (QED) is 0.847. The molecule has 1 saturated carbocycles. The van der Waals surface area contributed by atoms with Gasteiger partial charge in [-0.2, -0.15) is 5.10 Å². The van der Waals surface area contributed by atoms with Gasteiger partial charge in [-0.3, -0.25) is 4.79 Å². The second-order valence-corrected chi connectivity index (χ2v) is 8.00. The predicted octanol–water partition coefficient (Wildman–Crippen LogP) is 2.06. The minimum absolute atomic E-state index is 0.0787. The Morgan fingerprint density at radius 3 is 2.75 bits per heavy atom. The minimum atomic E-state index is -3.69. The van der Waals surface area contributed by atoms with Crippen LogP contribution in [-0.2, 0) is 16.6 Å². The Labute approximate surface area is 145 Å². The number of hydrogen-bond donors (Lipinski definition) is 1. The van der Waals surface area contributed by atoms with Gasteiger partial charge in [0.05, 0.1) is 17.1 Å². The SMILES string of the molecule is Cc1c(Cl)cccc1S(=O)(=O)NCCn1nc(C2CC2)ccc1=O. The van der Waals surface area contributed by atoms with E-state index in [9.17, 15) is 13.2 Å². The van der Waals surface area contributed by atoms with Crippen molar-refractivity contribution in [3.05, 3.63) is 57.0 Å². The molecule has 1 fully saturated rings. The summed E-state index contributed by atoms with van der Waals surface area (Å²) in [7, 11) is -3.69. The molecule has 1 aliphatic carbocycles. The van der Waals surface area contributed by atoms with Crippen LogP contribution in [0.1, 0.15) is 30.0 Å². The number of aromatic nitrogens is 2. The molecule has 3 rings (SSSR count). The molecule has 0 aliphatic heterocycles. The Morgan fingerprint density at radius 2 is 2.04 bits per heavy atom. The number of nitrogens with zero attached hydrogens (tertiary/aromatic N) is 2. The molecule has 0 spiro atoms. The lowest BCUT2D eigenvalue weighted by Crippen LogP contribution is -2.32. The van der Waals surface area contributed by atoms with E-state index in [0.29, 0.717) is 16.5 Å². The Morgan fingerprint density at radius 1 is 1.29 bits per heavy atom. The smallest absolute Gasteiger partial charge is 0.266 e. The highest BCUT2D eigenvalue weighted by Crippen LogP contribution is 2.38. The van der Waals surface area contributed by atoms with Crippen molar-refractivity contribution in [1.29, 1.82) is 0 Å². The minimum Gasteiger partial charge on any atom is -0.268 e. The van der Waals surface area contributed by atoms with Crippen molar-refractivity contribution >= 4 is 21.6 Å². The molecule has 8 heteroatoms. The van der Waals surface area contributed by atoms with Gasteiger partial charge in [0.2, 0.25) is 10.0 Å². The standard InChI is InChI=1S/C16H18ClN3O3S/c1-11-13(17)3-2-4-15(11)24(22,23)18-9-10-20-16(21)8-7-14(19-20)12-5-6-12/h2-4,7-8,12,18H,5-6,9-10H2,1H3. The number of nitrogens with one attached hydrogen (secondary N) is 1. The van der Waals surface area contributed by atoms with Crippen molar-refractivity contribution in [1.82, 2.24) is 14.5 Å². The van der Waals surface area contributed by atoms with E-state index in [1.165, 1.54) is 16.8 Å². The fourth-order valence-corrected chi connectivity index (χ4v) is 3.98. The number of sulfonamides is 1. The predicted molar refractivity (Wildman–Crippen MR) is 91.8 cm³/mol. The van der Waals surface area contributed by atoms with Gasteiger partial charge in [0, 0.05) is 23.6 Å². The third kappa shape index (κ3) is 3.68. The van der Waals surface area contributed by atoms with E-state index in [1.807, 2.05) is 0 Å². The molecule has 1 N–H and O–H groups in total. The zero-order valence-electron chi connectivity index (χ0n) is 13.2. The van der Waals surface area contributed by atoms with Gasteiger partial charge in [-0.15, -0.1) is 0 Å². The van der Waals surface area contributed by atoms with E-state index < -0.39 is 10.0 Å². The van der Waals surface area contributed by atoms with Crippen LogP contribution in [0, 0.1) is 6.92 Å². The Balaban J connectivity index is 1.71. The second-order valence-electron chi connectivity index (χ2n) is 5.85. The first-order chi connectivity index (χ1) is 11.4. The lowest BCUT2D eigenvalue weighted by molar-refractivity contribution is 0.540. The largest absolute Gasteiger partial charge is 0.268 e. The van der Waals surface area contributed by atoms with Crippen molar-refractivity contribution < 1.29 is 8.42 Å². The van der Waals surface area contributed by atoms with E-state index in [4.69, 9.17) is 11.6 Å². The van der Waals surface area contributed by atoms with E-state index in [2.05, 4.69) is 9.82 Å². The van der Waals surface area contributed by atoms with Gasteiger partial charge in [-0.05, 0) is 43.5 Å². The first kappa shape index (κ1) is 17.1. The maximum atomic E-state index is 12.4. The molecule has 128 valence electrons. The molecule has 0 amide bonds. The van der Waals surface area contributed by atoms with Gasteiger partial charge in [0.15, 0.2) is 0 Å². The van der Waals surface area contributed by atoms with Crippen LogP contribution in [0.2, 0.25) is 5.02 Å². The highest BCUT2D eigenvalue weighted by molar-refractivity contribution is 7.89. The molecular formula is C16H18ClN3O3S. The van der Waals surface area contributed by atoms with Gasteiger partial charge in [0.25, 0.3) is 5.56 Å². The normalized spacial score (nSPS) is 14.8. The number of halogens is 1. The fraction of sp³-hybridized carbons (Fsp3) is 0.375. The number of benzene rings is 1. The van der Waals surface area contributed by atoms with Crippen LogP contribution in [0.4, 0.5) is 0 Å². The summed E-state index contributed by atoms with van der Waals surface area (Å²) in [5.74, 6) is 0.433. The van der Waals surface area contributed by atoms with Crippen LogP contribution in [0.25, 0.3) is 0 Å². The maximum absolute atomic E-state index is 12.4. The van der Waals surface area contributed by atoms with Crippen molar-refractivity contribution in [2.24, 2.45) is 0 Å². The summed E-state index contributed by atoms with van der Waals surface area (Å²) in [6.45, 7) is 1.91. The third-order valence-corrected chi connectivity index (χ3v) is 6.02. The van der Waals surface area contributed by atoms with Crippen molar-refractivity contribution in [2.75, 3.05) is 6.54 Å². The molecule has 6 nitrogen and oxygen atoms in total. The molecule has 24 heavy (non-hydrogen) atoms. The van der Waals surface area contributed by atoms with Crippen molar-refractivity contribution in [2.45, 2.75) is 37.1 Å². The summed E-state index contributed by atoms with van der Waals surface area (Å²) in [4.78, 5) is 12.0. The average Bonchev–Trinajstić information content (AvgIpc) is 3.36. The maximum Gasteiger partial charge on any atom is 0.266 e. The Kier molecular flexibility index (Phi) is 4.76. The van der Waals surface area contributed by atoms with E-state index in [1.54, 1.807) is 25.1 Å². The lowest BCUT2D eigenvalue weighted by atomic mass is 10.2. The van der Waals surface area contributed by atoms with E-state index >= 15 is 0 Å². The van der Waals surface area contributed by atoms with Crippen LogP contribution >= 0.6 is 11.6 Å². The van der Waals surface area contributed by atoms with Crippen LogP contribution in [0.15, 0.2) is 40.0 Å². The van der Waals surface area contributed by atoms with Gasteiger partial charge in [-0.1, -0.05) is 17.7 Å². The molecule has 1 aromatic carbocycles. The van der Waals surface area contributed by atoms with Crippen LogP contribution in [0.3, 0.4) is 0 Å². The molecule has 2 aromatic rings. The summed E-state index contributed by atoms with van der Waals surface area (Å²) in [6.07, 6.45) is 2.18. The molecule has 0 atom stereocenters. The highest BCUT2D eigenvalue weighted by Gasteiger charge is 2.25. The van der Waals surface area contributed by atoms with E-state index in [0.717, 1.165) is 18.5 Å². The Hall–Kier alpha value is -1.70. The van der Waals surface area contributed by atoms with Crippen molar-refractivity contribution in [3.63, 3.8) is 0 Å². The molecule has 0 saturated heterocycles. The molecule has 0 radical (unpaired) electrons.